The number of amides is 1. The summed E-state index contributed by atoms with van der Waals surface area (Å²) in [6.07, 6.45) is 1.82. The van der Waals surface area contributed by atoms with E-state index >= 15 is 0 Å². The van der Waals surface area contributed by atoms with Crippen LogP contribution in [0, 0.1) is 18.6 Å². The Bertz CT molecular complexity index is 1000. The van der Waals surface area contributed by atoms with E-state index in [1.807, 2.05) is 0 Å². The molecule has 3 N–H and O–H groups in total. The number of halogens is 2. The largest absolute Gasteiger partial charge is 0.485 e. The highest BCUT2D eigenvalue weighted by atomic mass is 19.1. The second kappa shape index (κ2) is 8.97. The molecule has 0 aliphatic carbocycles. The summed E-state index contributed by atoms with van der Waals surface area (Å²) in [5.74, 6) is -1.64. The first-order valence-electron chi connectivity index (χ1n) is 9.02. The third-order valence-electron chi connectivity index (χ3n) is 4.47. The van der Waals surface area contributed by atoms with Crippen LogP contribution >= 0.6 is 0 Å². The van der Waals surface area contributed by atoms with E-state index in [2.05, 4.69) is 10.3 Å². The summed E-state index contributed by atoms with van der Waals surface area (Å²) in [4.78, 5) is 17.0. The van der Waals surface area contributed by atoms with Crippen LogP contribution in [-0.2, 0) is 6.61 Å². The average Bonchev–Trinajstić information content (AvgIpc) is 3.03. The Hall–Kier alpha value is -3.04. The minimum Gasteiger partial charge on any atom is -0.485 e. The summed E-state index contributed by atoms with van der Waals surface area (Å²) in [5, 5.41) is 21.0. The van der Waals surface area contributed by atoms with Crippen molar-refractivity contribution in [3.63, 3.8) is 0 Å². The summed E-state index contributed by atoms with van der Waals surface area (Å²) >= 11 is 0. The van der Waals surface area contributed by atoms with E-state index in [9.17, 15) is 18.7 Å². The van der Waals surface area contributed by atoms with Gasteiger partial charge >= 0.3 is 0 Å². The highest BCUT2D eigenvalue weighted by molar-refractivity contribution is 5.95. The second-order valence-corrected chi connectivity index (χ2v) is 6.47. The molecule has 0 spiro atoms. The first-order chi connectivity index (χ1) is 14.0. The van der Waals surface area contributed by atoms with Gasteiger partial charge in [0.2, 0.25) is 0 Å². The topological polar surface area (TPSA) is 96.1 Å². The van der Waals surface area contributed by atoms with Gasteiger partial charge in [-0.15, -0.1) is 0 Å². The Morgan fingerprint density at radius 2 is 1.97 bits per heavy atom. The van der Waals surface area contributed by atoms with Crippen molar-refractivity contribution in [1.82, 2.24) is 14.7 Å². The van der Waals surface area contributed by atoms with Gasteiger partial charge in [-0.2, -0.15) is 0 Å². The number of aliphatic hydroxyl groups is 2. The standard InChI is InChI=1S/C20H21F2N3O4/c1-12-18(20(28)24-13(10-27)7-9-26)25-8-3-6-17(19(25)23-12)29-11-14-15(21)4-2-5-16(14)22/h2-6,8,13,26-27H,7,9-11H2,1H3,(H,24,28). The maximum Gasteiger partial charge on any atom is 0.270 e. The summed E-state index contributed by atoms with van der Waals surface area (Å²) in [6.45, 7) is 0.809. The minimum atomic E-state index is -0.713. The number of carbonyl (C=O) groups excluding carboxylic acids is 1. The fourth-order valence-corrected chi connectivity index (χ4v) is 2.98. The lowest BCUT2D eigenvalue weighted by atomic mass is 10.2. The Morgan fingerprint density at radius 3 is 2.62 bits per heavy atom. The van der Waals surface area contributed by atoms with Crippen LogP contribution in [0.25, 0.3) is 5.65 Å². The number of rotatable bonds is 8. The lowest BCUT2D eigenvalue weighted by Crippen LogP contribution is -2.38. The molecule has 1 amide bonds. The fraction of sp³-hybridized carbons (Fsp3) is 0.300. The van der Waals surface area contributed by atoms with Crippen LogP contribution in [0.4, 0.5) is 8.78 Å². The van der Waals surface area contributed by atoms with E-state index in [0.717, 1.165) is 12.1 Å². The maximum absolute atomic E-state index is 13.8. The van der Waals surface area contributed by atoms with E-state index in [1.54, 1.807) is 25.3 Å². The quantitative estimate of drug-likeness (QED) is 0.533. The molecule has 0 saturated heterocycles. The monoisotopic (exact) mass is 405 g/mol. The number of pyridine rings is 1. The summed E-state index contributed by atoms with van der Waals surface area (Å²) in [7, 11) is 0. The van der Waals surface area contributed by atoms with E-state index < -0.39 is 23.6 Å². The third kappa shape index (κ3) is 4.36. The smallest absolute Gasteiger partial charge is 0.270 e. The van der Waals surface area contributed by atoms with Gasteiger partial charge in [0.1, 0.15) is 23.9 Å². The van der Waals surface area contributed by atoms with Gasteiger partial charge in [0, 0.05) is 12.8 Å². The van der Waals surface area contributed by atoms with Gasteiger partial charge in [0.25, 0.3) is 5.91 Å². The molecule has 2 heterocycles. The van der Waals surface area contributed by atoms with Gasteiger partial charge in [0.05, 0.1) is 23.9 Å². The minimum absolute atomic E-state index is 0.178. The van der Waals surface area contributed by atoms with Crippen LogP contribution in [0.2, 0.25) is 0 Å². The van der Waals surface area contributed by atoms with Crippen molar-refractivity contribution in [3.05, 3.63) is 65.1 Å². The van der Waals surface area contributed by atoms with E-state index in [-0.39, 0.29) is 43.2 Å². The molecule has 7 nitrogen and oxygen atoms in total. The zero-order valence-electron chi connectivity index (χ0n) is 15.7. The number of nitrogens with zero attached hydrogens (tertiary/aromatic N) is 2. The van der Waals surface area contributed by atoms with Crippen LogP contribution in [0.3, 0.4) is 0 Å². The van der Waals surface area contributed by atoms with Crippen LogP contribution in [0.15, 0.2) is 36.5 Å². The molecule has 1 aromatic carbocycles. The van der Waals surface area contributed by atoms with Crippen LogP contribution in [-0.4, -0.2) is 44.8 Å². The molecule has 29 heavy (non-hydrogen) atoms. The van der Waals surface area contributed by atoms with Crippen LogP contribution < -0.4 is 10.1 Å². The molecule has 154 valence electrons. The van der Waals surface area contributed by atoms with Crippen LogP contribution in [0.1, 0.15) is 28.2 Å². The number of nitrogens with one attached hydrogen (secondary N) is 1. The first kappa shape index (κ1) is 20.7. The van der Waals surface area contributed by atoms with Crippen molar-refractivity contribution in [2.75, 3.05) is 13.2 Å². The summed E-state index contributed by atoms with van der Waals surface area (Å²) < 4.78 is 34.7. The second-order valence-electron chi connectivity index (χ2n) is 6.47. The Labute approximate surface area is 165 Å². The predicted octanol–water partition coefficient (Wildman–Crippen LogP) is 1.97. The zero-order valence-corrected chi connectivity index (χ0v) is 15.7. The lowest BCUT2D eigenvalue weighted by molar-refractivity contribution is 0.0898. The first-order valence-corrected chi connectivity index (χ1v) is 9.02. The number of hydrogen-bond donors (Lipinski definition) is 3. The highest BCUT2D eigenvalue weighted by Gasteiger charge is 2.21. The number of aliphatic hydroxyl groups excluding tert-OH is 2. The van der Waals surface area contributed by atoms with Crippen molar-refractivity contribution in [3.8, 4) is 5.75 Å². The lowest BCUT2D eigenvalue weighted by Gasteiger charge is -2.15. The molecular formula is C20H21F2N3O4. The predicted molar refractivity (Wildman–Crippen MR) is 101 cm³/mol. The summed E-state index contributed by atoms with van der Waals surface area (Å²) in [6, 6.07) is 6.18. The van der Waals surface area contributed by atoms with Gasteiger partial charge in [0.15, 0.2) is 11.4 Å². The van der Waals surface area contributed by atoms with Gasteiger partial charge < -0.3 is 20.3 Å². The molecule has 3 rings (SSSR count). The maximum atomic E-state index is 13.8. The molecule has 0 aliphatic heterocycles. The van der Waals surface area contributed by atoms with Crippen molar-refractivity contribution in [2.45, 2.75) is 26.0 Å². The third-order valence-corrected chi connectivity index (χ3v) is 4.47. The number of hydrogen-bond acceptors (Lipinski definition) is 5. The normalized spacial score (nSPS) is 12.2. The molecule has 0 bridgehead atoms. The highest BCUT2D eigenvalue weighted by Crippen LogP contribution is 2.24. The van der Waals surface area contributed by atoms with Crippen molar-refractivity contribution >= 4 is 11.6 Å². The SMILES string of the molecule is Cc1nc2c(OCc3c(F)cccc3F)cccn2c1C(=O)NC(CO)CCO. The molecule has 1 atom stereocenters. The number of fused-ring (bicyclic) bond motifs is 1. The van der Waals surface area contributed by atoms with Crippen molar-refractivity contribution in [2.24, 2.45) is 0 Å². The van der Waals surface area contributed by atoms with Crippen LogP contribution in [0.5, 0.6) is 5.75 Å². The Kier molecular flexibility index (Phi) is 6.40. The number of ether oxygens (including phenoxy) is 1. The number of benzene rings is 1. The molecule has 1 unspecified atom stereocenters. The van der Waals surface area contributed by atoms with E-state index in [0.29, 0.717) is 11.3 Å². The molecule has 0 aliphatic rings. The Morgan fingerprint density at radius 1 is 1.24 bits per heavy atom. The van der Waals surface area contributed by atoms with Crippen molar-refractivity contribution in [1.29, 1.82) is 0 Å². The van der Waals surface area contributed by atoms with Gasteiger partial charge in [-0.1, -0.05) is 6.07 Å². The zero-order chi connectivity index (χ0) is 21.0. The summed E-state index contributed by atoms with van der Waals surface area (Å²) in [5.41, 5.74) is 0.760. The molecule has 3 aromatic rings. The van der Waals surface area contributed by atoms with Gasteiger partial charge in [-0.3, -0.25) is 9.20 Å². The van der Waals surface area contributed by atoms with Gasteiger partial charge in [-0.05, 0) is 37.6 Å². The number of aromatic nitrogens is 2. The molecule has 0 radical (unpaired) electrons. The molecule has 0 saturated carbocycles. The average molecular weight is 405 g/mol. The Balaban J connectivity index is 1.88. The van der Waals surface area contributed by atoms with E-state index in [1.165, 1.54) is 10.5 Å². The van der Waals surface area contributed by atoms with E-state index in [4.69, 9.17) is 9.84 Å². The fourth-order valence-electron chi connectivity index (χ4n) is 2.98. The number of imidazole rings is 1. The molecular weight excluding hydrogens is 384 g/mol. The molecule has 2 aromatic heterocycles. The number of aryl methyl sites for hydroxylation is 1. The molecule has 0 fully saturated rings. The number of carbonyl (C=O) groups is 1. The van der Waals surface area contributed by atoms with Crippen molar-refractivity contribution < 1.29 is 28.5 Å². The van der Waals surface area contributed by atoms with Gasteiger partial charge in [-0.25, -0.2) is 13.8 Å². The molecule has 9 heteroatoms.